The SMILES string of the molecule is CCOc1cc(OC)c2c(c1)OC(c1ccc(OC)c(OC)c1)C(=O)C2O. The van der Waals surface area contributed by atoms with Crippen LogP contribution >= 0.6 is 0 Å². The van der Waals surface area contributed by atoms with Crippen LogP contribution in [0.25, 0.3) is 0 Å². The van der Waals surface area contributed by atoms with E-state index in [9.17, 15) is 9.90 Å². The first kappa shape index (κ1) is 18.8. The van der Waals surface area contributed by atoms with Crippen molar-refractivity contribution in [3.63, 3.8) is 0 Å². The summed E-state index contributed by atoms with van der Waals surface area (Å²) >= 11 is 0. The molecule has 0 spiro atoms. The number of fused-ring (bicyclic) bond motifs is 1. The number of carbonyl (C=O) groups excluding carboxylic acids is 1. The van der Waals surface area contributed by atoms with Gasteiger partial charge in [0, 0.05) is 17.7 Å². The van der Waals surface area contributed by atoms with Crippen molar-refractivity contribution >= 4 is 5.78 Å². The second-order valence-corrected chi connectivity index (χ2v) is 5.89. The first-order valence-electron chi connectivity index (χ1n) is 8.49. The second kappa shape index (κ2) is 7.75. The summed E-state index contributed by atoms with van der Waals surface area (Å²) in [4.78, 5) is 12.8. The summed E-state index contributed by atoms with van der Waals surface area (Å²) in [6, 6.07) is 8.31. The van der Waals surface area contributed by atoms with Gasteiger partial charge < -0.3 is 28.8 Å². The van der Waals surface area contributed by atoms with Gasteiger partial charge in [-0.05, 0) is 19.1 Å². The summed E-state index contributed by atoms with van der Waals surface area (Å²) in [5.41, 5.74) is 0.839. The van der Waals surface area contributed by atoms with E-state index in [0.717, 1.165) is 0 Å². The molecule has 1 aliphatic rings. The predicted octanol–water partition coefficient (Wildman–Crippen LogP) is 2.85. The van der Waals surface area contributed by atoms with Crippen LogP contribution in [0.1, 0.15) is 30.3 Å². The lowest BCUT2D eigenvalue weighted by Crippen LogP contribution is -2.30. The molecule has 1 heterocycles. The van der Waals surface area contributed by atoms with E-state index >= 15 is 0 Å². The van der Waals surface area contributed by atoms with Gasteiger partial charge in [-0.25, -0.2) is 0 Å². The van der Waals surface area contributed by atoms with E-state index in [4.69, 9.17) is 23.7 Å². The summed E-state index contributed by atoms with van der Waals surface area (Å²) in [5.74, 6) is 1.71. The van der Waals surface area contributed by atoms with Gasteiger partial charge in [-0.3, -0.25) is 4.79 Å². The first-order chi connectivity index (χ1) is 13.0. The number of methoxy groups -OCH3 is 3. The quantitative estimate of drug-likeness (QED) is 0.832. The van der Waals surface area contributed by atoms with Crippen molar-refractivity contribution in [2.75, 3.05) is 27.9 Å². The Morgan fingerprint density at radius 2 is 1.70 bits per heavy atom. The van der Waals surface area contributed by atoms with Crippen LogP contribution in [0.5, 0.6) is 28.7 Å². The van der Waals surface area contributed by atoms with Gasteiger partial charge in [0.2, 0.25) is 5.78 Å². The molecule has 0 amide bonds. The monoisotopic (exact) mass is 374 g/mol. The Hall–Kier alpha value is -2.93. The van der Waals surface area contributed by atoms with Gasteiger partial charge in [-0.1, -0.05) is 6.07 Å². The van der Waals surface area contributed by atoms with Crippen molar-refractivity contribution in [1.82, 2.24) is 0 Å². The molecule has 2 unspecified atom stereocenters. The Morgan fingerprint density at radius 3 is 2.33 bits per heavy atom. The van der Waals surface area contributed by atoms with Crippen LogP contribution in [0.2, 0.25) is 0 Å². The summed E-state index contributed by atoms with van der Waals surface area (Å²) in [6.45, 7) is 2.32. The lowest BCUT2D eigenvalue weighted by atomic mass is 9.92. The minimum atomic E-state index is -1.38. The zero-order valence-electron chi connectivity index (χ0n) is 15.6. The highest BCUT2D eigenvalue weighted by atomic mass is 16.5. The van der Waals surface area contributed by atoms with Gasteiger partial charge in [0.05, 0.1) is 33.5 Å². The van der Waals surface area contributed by atoms with Crippen LogP contribution in [-0.2, 0) is 4.79 Å². The van der Waals surface area contributed by atoms with Crippen LogP contribution in [-0.4, -0.2) is 38.8 Å². The summed E-state index contributed by atoms with van der Waals surface area (Å²) in [5, 5.41) is 10.6. The number of benzene rings is 2. The number of Topliss-reactive ketones (excluding diaryl/α,β-unsaturated/α-hetero) is 1. The van der Waals surface area contributed by atoms with Crippen LogP contribution in [0.4, 0.5) is 0 Å². The molecule has 0 fully saturated rings. The molecule has 144 valence electrons. The first-order valence-corrected chi connectivity index (χ1v) is 8.49. The molecule has 0 saturated heterocycles. The van der Waals surface area contributed by atoms with Crippen molar-refractivity contribution in [2.45, 2.75) is 19.1 Å². The fraction of sp³-hybridized carbons (Fsp3) is 0.350. The third-order valence-electron chi connectivity index (χ3n) is 4.37. The molecule has 7 nitrogen and oxygen atoms in total. The van der Waals surface area contributed by atoms with Crippen molar-refractivity contribution in [3.05, 3.63) is 41.5 Å². The topological polar surface area (TPSA) is 83.5 Å². The van der Waals surface area contributed by atoms with E-state index in [0.29, 0.717) is 46.5 Å². The molecule has 0 saturated carbocycles. The molecule has 0 bridgehead atoms. The van der Waals surface area contributed by atoms with Gasteiger partial charge in [-0.2, -0.15) is 0 Å². The molecule has 0 radical (unpaired) electrons. The maximum atomic E-state index is 12.8. The van der Waals surface area contributed by atoms with Crippen LogP contribution in [0.3, 0.4) is 0 Å². The Balaban J connectivity index is 2.05. The van der Waals surface area contributed by atoms with E-state index in [1.54, 1.807) is 30.3 Å². The van der Waals surface area contributed by atoms with Gasteiger partial charge in [0.15, 0.2) is 17.6 Å². The van der Waals surface area contributed by atoms with Crippen LogP contribution < -0.4 is 23.7 Å². The number of rotatable bonds is 6. The molecule has 2 atom stereocenters. The van der Waals surface area contributed by atoms with E-state index in [1.165, 1.54) is 21.3 Å². The largest absolute Gasteiger partial charge is 0.496 e. The maximum absolute atomic E-state index is 12.8. The van der Waals surface area contributed by atoms with Gasteiger partial charge in [0.1, 0.15) is 23.4 Å². The zero-order valence-corrected chi connectivity index (χ0v) is 15.6. The van der Waals surface area contributed by atoms with Gasteiger partial charge in [-0.15, -0.1) is 0 Å². The highest BCUT2D eigenvalue weighted by Gasteiger charge is 2.39. The average molecular weight is 374 g/mol. The molecule has 2 aromatic rings. The molecule has 7 heteroatoms. The molecule has 1 N–H and O–H groups in total. The number of aliphatic hydroxyl groups is 1. The molecule has 0 aromatic heterocycles. The van der Waals surface area contributed by atoms with E-state index < -0.39 is 18.0 Å². The molecule has 3 rings (SSSR count). The lowest BCUT2D eigenvalue weighted by Gasteiger charge is -2.30. The summed E-state index contributed by atoms with van der Waals surface area (Å²) in [6.07, 6.45) is -2.37. The molecule has 2 aromatic carbocycles. The molecular formula is C20H22O7. The van der Waals surface area contributed by atoms with Crippen molar-refractivity contribution < 1.29 is 33.6 Å². The standard InChI is InChI=1S/C20H22O7/c1-5-26-12-9-15(25-4)17-16(10-12)27-20(19(22)18(17)21)11-6-7-13(23-2)14(8-11)24-3/h6-10,18,20-21H,5H2,1-4H3. The highest BCUT2D eigenvalue weighted by molar-refractivity contribution is 5.92. The van der Waals surface area contributed by atoms with Gasteiger partial charge in [0.25, 0.3) is 0 Å². The van der Waals surface area contributed by atoms with Crippen molar-refractivity contribution in [3.8, 4) is 28.7 Å². The Labute approximate surface area is 157 Å². The minimum Gasteiger partial charge on any atom is -0.496 e. The lowest BCUT2D eigenvalue weighted by molar-refractivity contribution is -0.137. The number of ketones is 1. The number of carbonyl (C=O) groups is 1. The normalized spacial score (nSPS) is 18.3. The summed E-state index contributed by atoms with van der Waals surface area (Å²) < 4.78 is 27.3. The molecule has 1 aliphatic heterocycles. The zero-order chi connectivity index (χ0) is 19.6. The van der Waals surface area contributed by atoms with Crippen LogP contribution in [0, 0.1) is 0 Å². The van der Waals surface area contributed by atoms with E-state index in [-0.39, 0.29) is 0 Å². The predicted molar refractivity (Wildman–Crippen MR) is 97.0 cm³/mol. The third-order valence-corrected chi connectivity index (χ3v) is 4.37. The Bertz CT molecular complexity index is 846. The fourth-order valence-electron chi connectivity index (χ4n) is 3.08. The van der Waals surface area contributed by atoms with Crippen LogP contribution in [0.15, 0.2) is 30.3 Å². The fourth-order valence-corrected chi connectivity index (χ4v) is 3.08. The maximum Gasteiger partial charge on any atom is 0.211 e. The number of hydrogen-bond donors (Lipinski definition) is 1. The number of hydrogen-bond acceptors (Lipinski definition) is 7. The minimum absolute atomic E-state index is 0.294. The summed E-state index contributed by atoms with van der Waals surface area (Å²) in [7, 11) is 4.50. The smallest absolute Gasteiger partial charge is 0.211 e. The number of ether oxygens (including phenoxy) is 5. The molecule has 0 aliphatic carbocycles. The van der Waals surface area contributed by atoms with E-state index in [2.05, 4.69) is 0 Å². The Kier molecular flexibility index (Phi) is 5.41. The Morgan fingerprint density at radius 1 is 1.00 bits per heavy atom. The molecular weight excluding hydrogens is 352 g/mol. The van der Waals surface area contributed by atoms with Crippen molar-refractivity contribution in [1.29, 1.82) is 0 Å². The van der Waals surface area contributed by atoms with Crippen molar-refractivity contribution in [2.24, 2.45) is 0 Å². The number of aliphatic hydroxyl groups excluding tert-OH is 1. The van der Waals surface area contributed by atoms with Gasteiger partial charge >= 0.3 is 0 Å². The second-order valence-electron chi connectivity index (χ2n) is 5.89. The third kappa shape index (κ3) is 3.38. The highest BCUT2D eigenvalue weighted by Crippen LogP contribution is 2.46. The molecule has 27 heavy (non-hydrogen) atoms. The van der Waals surface area contributed by atoms with E-state index in [1.807, 2.05) is 6.92 Å². The average Bonchev–Trinajstić information content (AvgIpc) is 2.69.